The van der Waals surface area contributed by atoms with E-state index in [2.05, 4.69) is 0 Å². The van der Waals surface area contributed by atoms with Gasteiger partial charge in [0.2, 0.25) is 0 Å². The average molecular weight is 306 g/mol. The summed E-state index contributed by atoms with van der Waals surface area (Å²) in [5.74, 6) is 0.682. The number of esters is 1. The summed E-state index contributed by atoms with van der Waals surface area (Å²) in [6.07, 6.45) is 0. The number of benzene rings is 2. The fourth-order valence-corrected chi connectivity index (χ4v) is 1.95. The molecule has 0 radical (unpaired) electrons. The first-order valence-electron chi connectivity index (χ1n) is 6.52. The first-order chi connectivity index (χ1) is 10.0. The molecule has 2 rings (SSSR count). The second-order valence-corrected chi connectivity index (χ2v) is 4.92. The second kappa shape index (κ2) is 6.50. The van der Waals surface area contributed by atoms with Gasteiger partial charge in [-0.05, 0) is 49.7 Å². The van der Waals surface area contributed by atoms with E-state index in [4.69, 9.17) is 26.8 Å². The van der Waals surface area contributed by atoms with Gasteiger partial charge in [-0.1, -0.05) is 17.7 Å². The average Bonchev–Trinajstić information content (AvgIpc) is 2.45. The van der Waals surface area contributed by atoms with Crippen LogP contribution in [-0.4, -0.2) is 12.6 Å². The van der Waals surface area contributed by atoms with E-state index in [1.54, 1.807) is 31.2 Å². The Morgan fingerprint density at radius 3 is 2.62 bits per heavy atom. The Balaban J connectivity index is 2.25. The number of aryl methyl sites for hydroxylation is 1. The largest absolute Gasteiger partial charge is 0.462 e. The van der Waals surface area contributed by atoms with Gasteiger partial charge in [0, 0.05) is 5.02 Å². The lowest BCUT2D eigenvalue weighted by Crippen LogP contribution is -2.05. The first-order valence-corrected chi connectivity index (χ1v) is 6.89. The van der Waals surface area contributed by atoms with Crippen molar-refractivity contribution in [1.29, 1.82) is 0 Å². The topological polar surface area (TPSA) is 61.5 Å². The Bertz CT molecular complexity index is 671. The molecule has 0 saturated carbocycles. The van der Waals surface area contributed by atoms with Gasteiger partial charge >= 0.3 is 5.97 Å². The lowest BCUT2D eigenvalue weighted by atomic mass is 10.2. The zero-order valence-electron chi connectivity index (χ0n) is 11.9. The predicted octanol–water partition coefficient (Wildman–Crippen LogP) is 4.20. The summed E-state index contributed by atoms with van der Waals surface area (Å²) < 4.78 is 10.7. The first kappa shape index (κ1) is 15.2. The van der Waals surface area contributed by atoms with Crippen LogP contribution in [0, 0.1) is 6.92 Å². The van der Waals surface area contributed by atoms with Gasteiger partial charge in [-0.15, -0.1) is 0 Å². The van der Waals surface area contributed by atoms with Crippen LogP contribution in [0.1, 0.15) is 22.8 Å². The SMILES string of the molecule is CCOC(=O)c1ccc(Oc2cc(Cl)ccc2C)c(N)c1. The van der Waals surface area contributed by atoms with Crippen molar-refractivity contribution >= 4 is 23.3 Å². The standard InChI is InChI=1S/C16H16ClNO3/c1-3-20-16(19)11-5-7-14(13(18)8-11)21-15-9-12(17)6-4-10(15)2/h4-9H,3,18H2,1-2H3. The highest BCUT2D eigenvalue weighted by atomic mass is 35.5. The molecule has 0 fully saturated rings. The van der Waals surface area contributed by atoms with Crippen LogP contribution in [0.3, 0.4) is 0 Å². The number of hydrogen-bond donors (Lipinski definition) is 1. The lowest BCUT2D eigenvalue weighted by Gasteiger charge is -2.12. The number of carbonyl (C=O) groups is 1. The maximum Gasteiger partial charge on any atom is 0.338 e. The second-order valence-electron chi connectivity index (χ2n) is 4.48. The summed E-state index contributed by atoms with van der Waals surface area (Å²) in [6, 6.07) is 10.2. The van der Waals surface area contributed by atoms with E-state index in [0.29, 0.717) is 34.4 Å². The molecule has 0 saturated heterocycles. The molecule has 0 unspecified atom stereocenters. The molecule has 2 N–H and O–H groups in total. The van der Waals surface area contributed by atoms with E-state index in [0.717, 1.165) is 5.56 Å². The molecule has 5 heteroatoms. The van der Waals surface area contributed by atoms with Gasteiger partial charge in [-0.2, -0.15) is 0 Å². The Morgan fingerprint density at radius 2 is 1.95 bits per heavy atom. The summed E-state index contributed by atoms with van der Waals surface area (Å²) in [5.41, 5.74) is 7.62. The Morgan fingerprint density at radius 1 is 1.19 bits per heavy atom. The number of anilines is 1. The van der Waals surface area contributed by atoms with Gasteiger partial charge in [0.05, 0.1) is 17.9 Å². The Kier molecular flexibility index (Phi) is 4.70. The summed E-state index contributed by atoms with van der Waals surface area (Å²) in [7, 11) is 0. The fourth-order valence-electron chi connectivity index (χ4n) is 1.79. The van der Waals surface area contributed by atoms with Gasteiger partial charge in [-0.3, -0.25) is 0 Å². The molecule has 4 nitrogen and oxygen atoms in total. The molecular formula is C16H16ClNO3. The van der Waals surface area contributed by atoms with Gasteiger partial charge in [0.25, 0.3) is 0 Å². The van der Waals surface area contributed by atoms with Crippen LogP contribution in [0.15, 0.2) is 36.4 Å². The molecule has 0 spiro atoms. The summed E-state index contributed by atoms with van der Waals surface area (Å²) >= 11 is 5.95. The Labute approximate surface area is 128 Å². The summed E-state index contributed by atoms with van der Waals surface area (Å²) in [4.78, 5) is 11.6. The minimum Gasteiger partial charge on any atom is -0.462 e. The van der Waals surface area contributed by atoms with Crippen molar-refractivity contribution < 1.29 is 14.3 Å². The van der Waals surface area contributed by atoms with Gasteiger partial charge in [0.15, 0.2) is 0 Å². The highest BCUT2D eigenvalue weighted by molar-refractivity contribution is 6.30. The molecule has 0 aliphatic heterocycles. The molecule has 2 aromatic rings. The lowest BCUT2D eigenvalue weighted by molar-refractivity contribution is 0.0526. The number of carbonyl (C=O) groups excluding carboxylic acids is 1. The van der Waals surface area contributed by atoms with Crippen LogP contribution >= 0.6 is 11.6 Å². The van der Waals surface area contributed by atoms with E-state index >= 15 is 0 Å². The van der Waals surface area contributed by atoms with Crippen molar-refractivity contribution in [2.45, 2.75) is 13.8 Å². The van der Waals surface area contributed by atoms with Crippen LogP contribution in [0.5, 0.6) is 11.5 Å². The van der Waals surface area contributed by atoms with Crippen molar-refractivity contribution in [1.82, 2.24) is 0 Å². The third kappa shape index (κ3) is 3.67. The molecule has 0 atom stereocenters. The number of ether oxygens (including phenoxy) is 2. The van der Waals surface area contributed by atoms with Crippen molar-refractivity contribution in [3.8, 4) is 11.5 Å². The molecule has 0 aliphatic rings. The van der Waals surface area contributed by atoms with Gasteiger partial charge in [-0.25, -0.2) is 4.79 Å². The third-order valence-corrected chi connectivity index (χ3v) is 3.13. The van der Waals surface area contributed by atoms with Gasteiger partial charge in [0.1, 0.15) is 11.5 Å². The minimum atomic E-state index is -0.408. The third-order valence-electron chi connectivity index (χ3n) is 2.89. The molecule has 2 aromatic carbocycles. The van der Waals surface area contributed by atoms with Crippen molar-refractivity contribution in [2.75, 3.05) is 12.3 Å². The molecule has 0 amide bonds. The van der Waals surface area contributed by atoms with E-state index in [1.807, 2.05) is 13.0 Å². The van der Waals surface area contributed by atoms with Crippen LogP contribution in [0.4, 0.5) is 5.69 Å². The molecular weight excluding hydrogens is 290 g/mol. The monoisotopic (exact) mass is 305 g/mol. The van der Waals surface area contributed by atoms with Gasteiger partial charge < -0.3 is 15.2 Å². The molecule has 0 aromatic heterocycles. The van der Waals surface area contributed by atoms with E-state index < -0.39 is 5.97 Å². The maximum absolute atomic E-state index is 11.6. The Hall–Kier alpha value is -2.20. The van der Waals surface area contributed by atoms with Crippen molar-refractivity contribution in [3.05, 3.63) is 52.5 Å². The van der Waals surface area contributed by atoms with Crippen molar-refractivity contribution in [2.24, 2.45) is 0 Å². The van der Waals surface area contributed by atoms with Crippen LogP contribution in [-0.2, 0) is 4.74 Å². The predicted molar refractivity (Wildman–Crippen MR) is 83.1 cm³/mol. The normalized spacial score (nSPS) is 10.2. The van der Waals surface area contributed by atoms with Crippen LogP contribution < -0.4 is 10.5 Å². The fraction of sp³-hybridized carbons (Fsp3) is 0.188. The summed E-state index contributed by atoms with van der Waals surface area (Å²) in [5, 5.41) is 0.581. The molecule has 0 heterocycles. The number of halogens is 1. The zero-order valence-corrected chi connectivity index (χ0v) is 12.6. The quantitative estimate of drug-likeness (QED) is 0.679. The maximum atomic E-state index is 11.6. The van der Waals surface area contributed by atoms with E-state index in [9.17, 15) is 4.79 Å². The van der Waals surface area contributed by atoms with Crippen LogP contribution in [0.2, 0.25) is 5.02 Å². The van der Waals surface area contributed by atoms with Crippen molar-refractivity contribution in [3.63, 3.8) is 0 Å². The smallest absolute Gasteiger partial charge is 0.338 e. The molecule has 110 valence electrons. The highest BCUT2D eigenvalue weighted by Gasteiger charge is 2.11. The summed E-state index contributed by atoms with van der Waals surface area (Å²) in [6.45, 7) is 3.98. The van der Waals surface area contributed by atoms with Crippen LogP contribution in [0.25, 0.3) is 0 Å². The van der Waals surface area contributed by atoms with E-state index in [-0.39, 0.29) is 0 Å². The molecule has 21 heavy (non-hydrogen) atoms. The van der Waals surface area contributed by atoms with E-state index in [1.165, 1.54) is 6.07 Å². The molecule has 0 aliphatic carbocycles. The number of nitrogens with two attached hydrogens (primary N) is 1. The zero-order chi connectivity index (χ0) is 15.4. The number of rotatable bonds is 4. The highest BCUT2D eigenvalue weighted by Crippen LogP contribution is 2.32. The molecule has 0 bridgehead atoms. The number of hydrogen-bond acceptors (Lipinski definition) is 4. The minimum absolute atomic E-state index is 0.318. The number of nitrogen functional groups attached to an aromatic ring is 1.